The standard InChI is InChI=1S/C13H18N2O/c1-14-10-11-3-4-12-5-6-15(7-8-16-2)13(12)9-11/h3-6,9,14H,7-8,10H2,1-2H3. The molecule has 0 atom stereocenters. The van der Waals surface area contributed by atoms with E-state index in [2.05, 4.69) is 40.3 Å². The molecule has 86 valence electrons. The van der Waals surface area contributed by atoms with Crippen molar-refractivity contribution in [1.82, 2.24) is 9.88 Å². The highest BCUT2D eigenvalue weighted by Gasteiger charge is 2.01. The van der Waals surface area contributed by atoms with Crippen molar-refractivity contribution >= 4 is 10.9 Å². The van der Waals surface area contributed by atoms with Crippen LogP contribution in [0.5, 0.6) is 0 Å². The summed E-state index contributed by atoms with van der Waals surface area (Å²) in [4.78, 5) is 0. The van der Waals surface area contributed by atoms with Gasteiger partial charge in [0.15, 0.2) is 0 Å². The zero-order chi connectivity index (χ0) is 11.4. The van der Waals surface area contributed by atoms with Crippen LogP contribution in [0.25, 0.3) is 10.9 Å². The molecule has 1 aromatic carbocycles. The van der Waals surface area contributed by atoms with E-state index in [1.165, 1.54) is 16.5 Å². The number of nitrogens with zero attached hydrogens (tertiary/aromatic N) is 1. The number of fused-ring (bicyclic) bond motifs is 1. The Balaban J connectivity index is 2.31. The lowest BCUT2D eigenvalue weighted by Crippen LogP contribution is -2.06. The molecule has 0 aliphatic carbocycles. The summed E-state index contributed by atoms with van der Waals surface area (Å²) >= 11 is 0. The number of hydrogen-bond donors (Lipinski definition) is 1. The predicted molar refractivity (Wildman–Crippen MR) is 66.6 cm³/mol. The predicted octanol–water partition coefficient (Wildman–Crippen LogP) is 2.01. The largest absolute Gasteiger partial charge is 0.383 e. The first-order valence-electron chi connectivity index (χ1n) is 5.56. The minimum atomic E-state index is 0.750. The van der Waals surface area contributed by atoms with E-state index < -0.39 is 0 Å². The molecule has 0 radical (unpaired) electrons. The molecule has 3 heteroatoms. The van der Waals surface area contributed by atoms with Crippen molar-refractivity contribution < 1.29 is 4.74 Å². The fourth-order valence-corrected chi connectivity index (χ4v) is 1.93. The van der Waals surface area contributed by atoms with Gasteiger partial charge in [-0.05, 0) is 30.1 Å². The summed E-state index contributed by atoms with van der Waals surface area (Å²) < 4.78 is 7.34. The van der Waals surface area contributed by atoms with E-state index in [1.54, 1.807) is 7.11 Å². The van der Waals surface area contributed by atoms with Gasteiger partial charge in [0.05, 0.1) is 6.61 Å². The highest BCUT2D eigenvalue weighted by atomic mass is 16.5. The Morgan fingerprint density at radius 2 is 2.19 bits per heavy atom. The molecule has 1 aromatic heterocycles. The van der Waals surface area contributed by atoms with Gasteiger partial charge in [0.2, 0.25) is 0 Å². The highest BCUT2D eigenvalue weighted by Crippen LogP contribution is 2.17. The van der Waals surface area contributed by atoms with Gasteiger partial charge in [0, 0.05) is 31.9 Å². The molecule has 0 bridgehead atoms. The van der Waals surface area contributed by atoms with Gasteiger partial charge in [-0.3, -0.25) is 0 Å². The van der Waals surface area contributed by atoms with E-state index in [0.29, 0.717) is 0 Å². The second-order valence-corrected chi connectivity index (χ2v) is 3.93. The second-order valence-electron chi connectivity index (χ2n) is 3.93. The van der Waals surface area contributed by atoms with Crippen molar-refractivity contribution in [2.75, 3.05) is 20.8 Å². The zero-order valence-electron chi connectivity index (χ0n) is 9.86. The van der Waals surface area contributed by atoms with Crippen molar-refractivity contribution in [3.05, 3.63) is 36.0 Å². The summed E-state index contributed by atoms with van der Waals surface area (Å²) in [5.74, 6) is 0. The van der Waals surface area contributed by atoms with Crippen LogP contribution < -0.4 is 5.32 Å². The van der Waals surface area contributed by atoms with Gasteiger partial charge in [-0.2, -0.15) is 0 Å². The summed E-state index contributed by atoms with van der Waals surface area (Å²) in [5.41, 5.74) is 2.59. The van der Waals surface area contributed by atoms with E-state index in [0.717, 1.165) is 19.7 Å². The van der Waals surface area contributed by atoms with E-state index in [-0.39, 0.29) is 0 Å². The van der Waals surface area contributed by atoms with Crippen LogP contribution in [0.3, 0.4) is 0 Å². The number of benzene rings is 1. The van der Waals surface area contributed by atoms with Crippen molar-refractivity contribution in [3.63, 3.8) is 0 Å². The summed E-state index contributed by atoms with van der Waals surface area (Å²) in [5, 5.41) is 4.46. The number of nitrogens with one attached hydrogen (secondary N) is 1. The fourth-order valence-electron chi connectivity index (χ4n) is 1.93. The lowest BCUT2D eigenvalue weighted by atomic mass is 10.1. The molecule has 0 unspecified atom stereocenters. The molecule has 2 rings (SSSR count). The third kappa shape index (κ3) is 2.26. The minimum Gasteiger partial charge on any atom is -0.383 e. The lowest BCUT2D eigenvalue weighted by Gasteiger charge is -2.06. The third-order valence-electron chi connectivity index (χ3n) is 2.76. The average Bonchev–Trinajstić information content (AvgIpc) is 2.69. The van der Waals surface area contributed by atoms with Crippen molar-refractivity contribution in [3.8, 4) is 0 Å². The Hall–Kier alpha value is -1.32. The fraction of sp³-hybridized carbons (Fsp3) is 0.385. The maximum atomic E-state index is 5.11. The Bertz CT molecular complexity index is 462. The second kappa shape index (κ2) is 5.14. The highest BCUT2D eigenvalue weighted by molar-refractivity contribution is 5.80. The summed E-state index contributed by atoms with van der Waals surface area (Å²) in [6.07, 6.45) is 2.12. The molecule has 0 aliphatic heterocycles. The van der Waals surface area contributed by atoms with Crippen LogP contribution in [0.2, 0.25) is 0 Å². The van der Waals surface area contributed by atoms with Crippen LogP contribution in [0.4, 0.5) is 0 Å². The lowest BCUT2D eigenvalue weighted by molar-refractivity contribution is 0.188. The molecule has 2 aromatic rings. The molecule has 3 nitrogen and oxygen atoms in total. The summed E-state index contributed by atoms with van der Waals surface area (Å²) in [7, 11) is 3.70. The topological polar surface area (TPSA) is 26.2 Å². The quantitative estimate of drug-likeness (QED) is 0.830. The molecule has 1 N–H and O–H groups in total. The van der Waals surface area contributed by atoms with Crippen LogP contribution in [0.15, 0.2) is 30.5 Å². The molecule has 0 aliphatic rings. The van der Waals surface area contributed by atoms with Gasteiger partial charge in [0.25, 0.3) is 0 Å². The maximum absolute atomic E-state index is 5.11. The van der Waals surface area contributed by atoms with E-state index in [4.69, 9.17) is 4.74 Å². The summed E-state index contributed by atoms with van der Waals surface area (Å²) in [6, 6.07) is 8.72. The van der Waals surface area contributed by atoms with E-state index >= 15 is 0 Å². The number of rotatable bonds is 5. The maximum Gasteiger partial charge on any atom is 0.0641 e. The molecule has 0 amide bonds. The first kappa shape index (κ1) is 11.2. The first-order valence-corrected chi connectivity index (χ1v) is 5.56. The van der Waals surface area contributed by atoms with Crippen LogP contribution in [-0.2, 0) is 17.8 Å². The van der Waals surface area contributed by atoms with E-state index in [1.807, 2.05) is 7.05 Å². The van der Waals surface area contributed by atoms with Crippen LogP contribution in [-0.4, -0.2) is 25.3 Å². The van der Waals surface area contributed by atoms with E-state index in [9.17, 15) is 0 Å². The van der Waals surface area contributed by atoms with Gasteiger partial charge in [0.1, 0.15) is 0 Å². The molecule has 0 saturated carbocycles. The molecule has 1 heterocycles. The first-order chi connectivity index (χ1) is 7.85. The number of aromatic nitrogens is 1. The van der Waals surface area contributed by atoms with Crippen LogP contribution >= 0.6 is 0 Å². The average molecular weight is 218 g/mol. The summed E-state index contributed by atoms with van der Waals surface area (Å²) in [6.45, 7) is 2.56. The van der Waals surface area contributed by atoms with Gasteiger partial charge in [-0.15, -0.1) is 0 Å². The van der Waals surface area contributed by atoms with Gasteiger partial charge in [-0.1, -0.05) is 12.1 Å². The van der Waals surface area contributed by atoms with Crippen LogP contribution in [0.1, 0.15) is 5.56 Å². The molecular formula is C13H18N2O. The zero-order valence-corrected chi connectivity index (χ0v) is 9.86. The number of methoxy groups -OCH3 is 1. The third-order valence-corrected chi connectivity index (χ3v) is 2.76. The Morgan fingerprint density at radius 1 is 1.31 bits per heavy atom. The monoisotopic (exact) mass is 218 g/mol. The molecule has 0 saturated heterocycles. The molecular weight excluding hydrogens is 200 g/mol. The Labute approximate surface area is 96.0 Å². The normalized spacial score (nSPS) is 11.1. The van der Waals surface area contributed by atoms with Crippen molar-refractivity contribution in [2.45, 2.75) is 13.1 Å². The van der Waals surface area contributed by atoms with Crippen molar-refractivity contribution in [1.29, 1.82) is 0 Å². The van der Waals surface area contributed by atoms with Gasteiger partial charge in [-0.25, -0.2) is 0 Å². The minimum absolute atomic E-state index is 0.750. The Morgan fingerprint density at radius 3 is 2.94 bits per heavy atom. The Kier molecular flexibility index (Phi) is 3.59. The smallest absolute Gasteiger partial charge is 0.0641 e. The number of hydrogen-bond acceptors (Lipinski definition) is 2. The molecule has 0 fully saturated rings. The van der Waals surface area contributed by atoms with Crippen molar-refractivity contribution in [2.24, 2.45) is 0 Å². The SMILES string of the molecule is CNCc1ccc2ccn(CCOC)c2c1. The van der Waals surface area contributed by atoms with Crippen LogP contribution in [0, 0.1) is 0 Å². The molecule has 16 heavy (non-hydrogen) atoms. The molecule has 0 spiro atoms. The number of ether oxygens (including phenoxy) is 1. The van der Waals surface area contributed by atoms with Gasteiger partial charge >= 0.3 is 0 Å². The van der Waals surface area contributed by atoms with Gasteiger partial charge < -0.3 is 14.6 Å².